The Morgan fingerprint density at radius 1 is 1.26 bits per heavy atom. The number of H-pyrrole nitrogens is 1. The van der Waals surface area contributed by atoms with Crippen LogP contribution in [0.15, 0.2) is 30.7 Å². The van der Waals surface area contributed by atoms with Crippen molar-refractivity contribution in [3.05, 3.63) is 53.1 Å². The zero-order chi connectivity index (χ0) is 16.0. The van der Waals surface area contributed by atoms with E-state index in [-0.39, 0.29) is 5.91 Å². The Morgan fingerprint density at radius 3 is 2.96 bits per heavy atom. The number of hydrogen-bond acceptors (Lipinski definition) is 3. The summed E-state index contributed by atoms with van der Waals surface area (Å²) in [6.07, 6.45) is 5.22. The number of aromatic amines is 1. The Labute approximate surface area is 134 Å². The number of aromatic nitrogens is 3. The highest BCUT2D eigenvalue weighted by Crippen LogP contribution is 2.32. The number of carbonyl (C=O) groups excluding carboxylic acids is 1. The number of anilines is 1. The molecule has 3 heterocycles. The van der Waals surface area contributed by atoms with E-state index in [2.05, 4.69) is 40.9 Å². The molecule has 0 saturated carbocycles. The maximum Gasteiger partial charge on any atom is 0.274 e. The molecule has 23 heavy (non-hydrogen) atoms. The van der Waals surface area contributed by atoms with Crippen molar-refractivity contribution in [3.63, 3.8) is 0 Å². The van der Waals surface area contributed by atoms with Crippen LogP contribution < -0.4 is 4.90 Å². The van der Waals surface area contributed by atoms with Crippen molar-refractivity contribution in [1.29, 1.82) is 0 Å². The van der Waals surface area contributed by atoms with Crippen molar-refractivity contribution in [2.24, 2.45) is 0 Å². The second-order valence-corrected chi connectivity index (χ2v) is 6.15. The Hall–Kier alpha value is -2.69. The number of hydrogen-bond donors (Lipinski definition) is 1. The molecule has 0 radical (unpaired) electrons. The number of amides is 1. The fraction of sp³-hybridized carbons (Fsp3) is 0.278. The first-order chi connectivity index (χ1) is 11.1. The van der Waals surface area contributed by atoms with Gasteiger partial charge in [-0.1, -0.05) is 6.07 Å². The van der Waals surface area contributed by atoms with Crippen LogP contribution in [0, 0.1) is 13.8 Å². The summed E-state index contributed by atoms with van der Waals surface area (Å²) in [5.74, 6) is -0.00560. The van der Waals surface area contributed by atoms with Crippen molar-refractivity contribution in [2.75, 3.05) is 11.4 Å². The van der Waals surface area contributed by atoms with Gasteiger partial charge in [0.2, 0.25) is 0 Å². The summed E-state index contributed by atoms with van der Waals surface area (Å²) in [6.45, 7) is 4.94. The Balaban J connectivity index is 1.78. The third kappa shape index (κ3) is 2.29. The SMILES string of the molecule is Cc1cc(C)c2c(c1)N(C(=O)c1cc3cncnc3[nH]1)CCC2. The molecule has 1 amide bonds. The zero-order valence-electron chi connectivity index (χ0n) is 13.3. The fourth-order valence-corrected chi connectivity index (χ4v) is 3.42. The van der Waals surface area contributed by atoms with E-state index in [1.54, 1.807) is 6.20 Å². The van der Waals surface area contributed by atoms with Gasteiger partial charge >= 0.3 is 0 Å². The van der Waals surface area contributed by atoms with Crippen LogP contribution in [0.5, 0.6) is 0 Å². The molecule has 0 saturated heterocycles. The highest BCUT2D eigenvalue weighted by Gasteiger charge is 2.26. The molecule has 0 fully saturated rings. The van der Waals surface area contributed by atoms with E-state index in [1.165, 1.54) is 23.0 Å². The molecular formula is C18H18N4O. The maximum absolute atomic E-state index is 13.0. The van der Waals surface area contributed by atoms with Gasteiger partial charge in [-0.25, -0.2) is 9.97 Å². The van der Waals surface area contributed by atoms with E-state index >= 15 is 0 Å². The smallest absolute Gasteiger partial charge is 0.274 e. The highest BCUT2D eigenvalue weighted by molar-refractivity contribution is 6.07. The molecule has 0 unspecified atom stereocenters. The minimum atomic E-state index is -0.00560. The minimum absolute atomic E-state index is 0.00560. The molecule has 0 spiro atoms. The number of nitrogens with zero attached hydrogens (tertiary/aromatic N) is 3. The van der Waals surface area contributed by atoms with Gasteiger partial charge < -0.3 is 9.88 Å². The first-order valence-electron chi connectivity index (χ1n) is 7.84. The van der Waals surface area contributed by atoms with Crippen molar-refractivity contribution in [2.45, 2.75) is 26.7 Å². The lowest BCUT2D eigenvalue weighted by atomic mass is 9.95. The van der Waals surface area contributed by atoms with Crippen molar-refractivity contribution >= 4 is 22.6 Å². The van der Waals surface area contributed by atoms with E-state index in [0.29, 0.717) is 11.3 Å². The summed E-state index contributed by atoms with van der Waals surface area (Å²) in [7, 11) is 0. The number of rotatable bonds is 1. The normalized spacial score (nSPS) is 14.1. The van der Waals surface area contributed by atoms with Gasteiger partial charge in [-0.05, 0) is 55.5 Å². The third-order valence-corrected chi connectivity index (χ3v) is 4.46. The van der Waals surface area contributed by atoms with Crippen molar-refractivity contribution in [1.82, 2.24) is 15.0 Å². The van der Waals surface area contributed by atoms with Gasteiger partial charge in [0, 0.05) is 23.8 Å². The van der Waals surface area contributed by atoms with Crippen molar-refractivity contribution < 1.29 is 4.79 Å². The van der Waals surface area contributed by atoms with E-state index < -0.39 is 0 Å². The molecule has 2 aromatic heterocycles. The van der Waals surface area contributed by atoms with E-state index in [9.17, 15) is 4.79 Å². The fourth-order valence-electron chi connectivity index (χ4n) is 3.42. The van der Waals surface area contributed by atoms with Gasteiger partial charge in [-0.2, -0.15) is 0 Å². The van der Waals surface area contributed by atoms with Gasteiger partial charge in [0.1, 0.15) is 17.7 Å². The molecule has 0 bridgehead atoms. The summed E-state index contributed by atoms with van der Waals surface area (Å²) in [5.41, 5.74) is 6.03. The Bertz CT molecular complexity index is 880. The molecule has 116 valence electrons. The summed E-state index contributed by atoms with van der Waals surface area (Å²) in [4.78, 5) is 26.2. The molecule has 5 heteroatoms. The summed E-state index contributed by atoms with van der Waals surface area (Å²) >= 11 is 0. The second kappa shape index (κ2) is 5.19. The Kier molecular flexibility index (Phi) is 3.15. The van der Waals surface area contributed by atoms with Gasteiger partial charge in [-0.15, -0.1) is 0 Å². The molecule has 3 aromatic rings. The number of benzene rings is 1. The average Bonchev–Trinajstić information content (AvgIpc) is 2.97. The van der Waals surface area contributed by atoms with Crippen LogP contribution in [0.1, 0.15) is 33.6 Å². The van der Waals surface area contributed by atoms with E-state index in [4.69, 9.17) is 0 Å². The molecule has 1 aliphatic heterocycles. The predicted octanol–water partition coefficient (Wildman–Crippen LogP) is 3.17. The number of fused-ring (bicyclic) bond motifs is 2. The first kappa shape index (κ1) is 13.9. The topological polar surface area (TPSA) is 61.9 Å². The lowest BCUT2D eigenvalue weighted by Gasteiger charge is -2.30. The average molecular weight is 306 g/mol. The highest BCUT2D eigenvalue weighted by atomic mass is 16.2. The summed E-state index contributed by atoms with van der Waals surface area (Å²) in [6, 6.07) is 6.13. The molecule has 0 aliphatic carbocycles. The monoisotopic (exact) mass is 306 g/mol. The van der Waals surface area contributed by atoms with Crippen LogP contribution in [0.4, 0.5) is 5.69 Å². The predicted molar refractivity (Wildman–Crippen MR) is 89.8 cm³/mol. The van der Waals surface area contributed by atoms with Gasteiger partial charge in [-0.3, -0.25) is 4.79 Å². The van der Waals surface area contributed by atoms with Crippen LogP contribution in [0.2, 0.25) is 0 Å². The second-order valence-electron chi connectivity index (χ2n) is 6.15. The summed E-state index contributed by atoms with van der Waals surface area (Å²) in [5, 5.41) is 0.855. The third-order valence-electron chi connectivity index (χ3n) is 4.46. The van der Waals surface area contributed by atoms with Crippen LogP contribution in [-0.2, 0) is 6.42 Å². The summed E-state index contributed by atoms with van der Waals surface area (Å²) < 4.78 is 0. The number of aryl methyl sites for hydroxylation is 2. The lowest BCUT2D eigenvalue weighted by molar-refractivity contribution is 0.0981. The van der Waals surface area contributed by atoms with Crippen LogP contribution >= 0.6 is 0 Å². The molecule has 0 atom stereocenters. The first-order valence-corrected chi connectivity index (χ1v) is 7.84. The standard InChI is InChI=1S/C18H18N4O/c1-11-6-12(2)14-4-3-5-22(16(14)7-11)18(23)15-8-13-9-19-10-20-17(13)21-15/h6-10H,3-5H2,1-2H3,(H,19,20,21). The molecule has 1 aromatic carbocycles. The maximum atomic E-state index is 13.0. The van der Waals surface area contributed by atoms with Crippen molar-refractivity contribution in [3.8, 4) is 0 Å². The number of nitrogens with one attached hydrogen (secondary N) is 1. The van der Waals surface area contributed by atoms with Gasteiger partial charge in [0.05, 0.1) is 0 Å². The minimum Gasteiger partial charge on any atom is -0.335 e. The Morgan fingerprint density at radius 2 is 2.13 bits per heavy atom. The van der Waals surface area contributed by atoms with E-state index in [0.717, 1.165) is 30.5 Å². The lowest BCUT2D eigenvalue weighted by Crippen LogP contribution is -2.36. The quantitative estimate of drug-likeness (QED) is 0.751. The van der Waals surface area contributed by atoms with Crippen LogP contribution in [0.25, 0.3) is 11.0 Å². The van der Waals surface area contributed by atoms with Crippen LogP contribution in [-0.4, -0.2) is 27.4 Å². The molecule has 5 nitrogen and oxygen atoms in total. The molecule has 4 rings (SSSR count). The zero-order valence-corrected chi connectivity index (χ0v) is 13.3. The van der Waals surface area contributed by atoms with Gasteiger partial charge in [0.25, 0.3) is 5.91 Å². The molecule has 1 N–H and O–H groups in total. The molecular weight excluding hydrogens is 288 g/mol. The largest absolute Gasteiger partial charge is 0.335 e. The molecule has 1 aliphatic rings. The van der Waals surface area contributed by atoms with Gasteiger partial charge in [0.15, 0.2) is 0 Å². The van der Waals surface area contributed by atoms with Crippen LogP contribution in [0.3, 0.4) is 0 Å². The number of carbonyl (C=O) groups is 1. The van der Waals surface area contributed by atoms with E-state index in [1.807, 2.05) is 11.0 Å².